The summed E-state index contributed by atoms with van der Waals surface area (Å²) >= 11 is 0. The lowest BCUT2D eigenvalue weighted by Gasteiger charge is -2.24. The zero-order chi connectivity index (χ0) is 12.4. The Morgan fingerprint density at radius 3 is 2.12 bits per heavy atom. The highest BCUT2D eigenvalue weighted by Gasteiger charge is 2.36. The van der Waals surface area contributed by atoms with Gasteiger partial charge in [-0.1, -0.05) is 0 Å². The lowest BCUT2D eigenvalue weighted by molar-refractivity contribution is 0.0621. The van der Waals surface area contributed by atoms with Crippen molar-refractivity contribution in [1.82, 2.24) is 5.32 Å². The summed E-state index contributed by atoms with van der Waals surface area (Å²) in [7, 11) is 4.40. The zero-order valence-corrected chi connectivity index (χ0v) is 12.0. The fourth-order valence-corrected chi connectivity index (χ4v) is 3.17. The second kappa shape index (κ2) is 9.09. The van der Waals surface area contributed by atoms with E-state index in [1.807, 2.05) is 14.0 Å². The first-order valence-corrected chi connectivity index (χ1v) is 7.49. The van der Waals surface area contributed by atoms with Crippen LogP contribution in [0.1, 0.15) is 13.3 Å². The summed E-state index contributed by atoms with van der Waals surface area (Å²) in [5.74, 6) is 0. The molecule has 0 radical (unpaired) electrons. The summed E-state index contributed by atoms with van der Waals surface area (Å²) in [5, 5.41) is 3.07. The van der Waals surface area contributed by atoms with E-state index in [9.17, 15) is 0 Å². The molecule has 0 aromatic rings. The van der Waals surface area contributed by atoms with Crippen LogP contribution in [0.25, 0.3) is 0 Å². The van der Waals surface area contributed by atoms with Crippen molar-refractivity contribution < 1.29 is 18.0 Å². The molecule has 0 aliphatic heterocycles. The van der Waals surface area contributed by atoms with Gasteiger partial charge in [0.1, 0.15) is 0 Å². The van der Waals surface area contributed by atoms with Gasteiger partial charge in [0.05, 0.1) is 6.10 Å². The van der Waals surface area contributed by atoms with Crippen LogP contribution in [0.2, 0.25) is 6.04 Å². The molecule has 5 nitrogen and oxygen atoms in total. The smallest absolute Gasteiger partial charge is 0.377 e. The van der Waals surface area contributed by atoms with Gasteiger partial charge in [-0.15, -0.1) is 0 Å². The van der Waals surface area contributed by atoms with Crippen LogP contribution < -0.4 is 5.32 Å². The second-order valence-electron chi connectivity index (χ2n) is 3.64. The lowest BCUT2D eigenvalue weighted by atomic mass is 10.4. The Kier molecular flexibility index (Phi) is 9.10. The minimum absolute atomic E-state index is 0.230. The third kappa shape index (κ3) is 5.93. The van der Waals surface area contributed by atoms with Crippen LogP contribution in [0.15, 0.2) is 0 Å². The Hall–Kier alpha value is 0.0169. The summed E-state index contributed by atoms with van der Waals surface area (Å²) in [4.78, 5) is 0. The van der Waals surface area contributed by atoms with Crippen molar-refractivity contribution in [2.75, 3.05) is 41.5 Å². The van der Waals surface area contributed by atoms with Crippen LogP contribution in [0.5, 0.6) is 0 Å². The molecule has 0 spiro atoms. The SMILES string of the molecule is CNCC(C)OCCC[Si](OC)(OC)OC. The van der Waals surface area contributed by atoms with Gasteiger partial charge in [0, 0.05) is 40.5 Å². The first-order chi connectivity index (χ1) is 7.64. The van der Waals surface area contributed by atoms with Crippen LogP contribution in [0.4, 0.5) is 0 Å². The summed E-state index contributed by atoms with van der Waals surface area (Å²) < 4.78 is 21.6. The number of rotatable bonds is 10. The number of hydrogen-bond donors (Lipinski definition) is 1. The van der Waals surface area contributed by atoms with Gasteiger partial charge < -0.3 is 23.3 Å². The third-order valence-corrected chi connectivity index (χ3v) is 5.29. The quantitative estimate of drug-likeness (QED) is 0.461. The lowest BCUT2D eigenvalue weighted by Crippen LogP contribution is -2.42. The van der Waals surface area contributed by atoms with E-state index >= 15 is 0 Å². The number of ether oxygens (including phenoxy) is 1. The van der Waals surface area contributed by atoms with E-state index in [1.165, 1.54) is 0 Å². The molecule has 1 atom stereocenters. The molecular weight excluding hydrogens is 226 g/mol. The zero-order valence-electron chi connectivity index (χ0n) is 11.0. The molecule has 16 heavy (non-hydrogen) atoms. The molecule has 6 heteroatoms. The van der Waals surface area contributed by atoms with Gasteiger partial charge in [0.25, 0.3) is 0 Å². The summed E-state index contributed by atoms with van der Waals surface area (Å²) in [6, 6.07) is 0.781. The molecule has 0 fully saturated rings. The Morgan fingerprint density at radius 2 is 1.69 bits per heavy atom. The molecule has 0 rings (SSSR count). The highest BCUT2D eigenvalue weighted by atomic mass is 28.4. The van der Waals surface area contributed by atoms with E-state index in [0.717, 1.165) is 19.0 Å². The van der Waals surface area contributed by atoms with Crippen molar-refractivity contribution >= 4 is 8.80 Å². The van der Waals surface area contributed by atoms with Gasteiger partial charge >= 0.3 is 8.80 Å². The van der Waals surface area contributed by atoms with Crippen LogP contribution in [-0.2, 0) is 18.0 Å². The number of nitrogens with one attached hydrogen (secondary N) is 1. The van der Waals surface area contributed by atoms with Gasteiger partial charge in [-0.2, -0.15) is 0 Å². The highest BCUT2D eigenvalue weighted by molar-refractivity contribution is 6.60. The topological polar surface area (TPSA) is 49.0 Å². The molecule has 0 amide bonds. The van der Waals surface area contributed by atoms with E-state index < -0.39 is 8.80 Å². The van der Waals surface area contributed by atoms with Gasteiger partial charge in [0.15, 0.2) is 0 Å². The van der Waals surface area contributed by atoms with E-state index in [4.69, 9.17) is 18.0 Å². The Morgan fingerprint density at radius 1 is 1.12 bits per heavy atom. The number of likely N-dealkylation sites (N-methyl/N-ethyl adjacent to an activating group) is 1. The first kappa shape index (κ1) is 16.0. The molecule has 0 saturated heterocycles. The van der Waals surface area contributed by atoms with Crippen molar-refractivity contribution in [3.8, 4) is 0 Å². The Balaban J connectivity index is 3.70. The van der Waals surface area contributed by atoms with Crippen LogP contribution in [0.3, 0.4) is 0 Å². The van der Waals surface area contributed by atoms with Crippen molar-refractivity contribution in [2.45, 2.75) is 25.5 Å². The summed E-state index contributed by atoms with van der Waals surface area (Å²) in [6.07, 6.45) is 1.11. The largest absolute Gasteiger partial charge is 0.500 e. The molecular formula is C10H25NO4Si. The Bertz CT molecular complexity index is 159. The molecule has 0 heterocycles. The molecule has 0 saturated carbocycles. The standard InChI is InChI=1S/C10H25NO4Si/c1-10(9-11-2)15-7-6-8-16(12-3,13-4)14-5/h10-11H,6-9H2,1-5H3. The summed E-state index contributed by atoms with van der Waals surface area (Å²) in [6.45, 7) is 3.61. The molecule has 0 aromatic carbocycles. The van der Waals surface area contributed by atoms with Crippen LogP contribution >= 0.6 is 0 Å². The van der Waals surface area contributed by atoms with Crippen molar-refractivity contribution in [2.24, 2.45) is 0 Å². The average molecular weight is 251 g/mol. The highest BCUT2D eigenvalue weighted by Crippen LogP contribution is 2.14. The molecule has 0 aliphatic carbocycles. The van der Waals surface area contributed by atoms with Crippen molar-refractivity contribution in [3.63, 3.8) is 0 Å². The molecule has 98 valence electrons. The second-order valence-corrected chi connectivity index (χ2v) is 6.73. The predicted octanol–water partition coefficient (Wildman–Crippen LogP) is 0.879. The minimum Gasteiger partial charge on any atom is -0.377 e. The van der Waals surface area contributed by atoms with Crippen LogP contribution in [-0.4, -0.2) is 56.4 Å². The molecule has 0 bridgehead atoms. The first-order valence-electron chi connectivity index (χ1n) is 5.55. The molecule has 1 N–H and O–H groups in total. The van der Waals surface area contributed by atoms with Crippen molar-refractivity contribution in [3.05, 3.63) is 0 Å². The predicted molar refractivity (Wildman–Crippen MR) is 65.5 cm³/mol. The maximum Gasteiger partial charge on any atom is 0.500 e. The third-order valence-electron chi connectivity index (χ3n) is 2.45. The fourth-order valence-electron chi connectivity index (χ4n) is 1.48. The van der Waals surface area contributed by atoms with Crippen molar-refractivity contribution in [1.29, 1.82) is 0 Å². The van der Waals surface area contributed by atoms with E-state index in [2.05, 4.69) is 5.32 Å². The molecule has 0 aliphatic rings. The minimum atomic E-state index is -2.40. The summed E-state index contributed by atoms with van der Waals surface area (Å²) in [5.41, 5.74) is 0. The normalized spacial score (nSPS) is 14.1. The molecule has 1 unspecified atom stereocenters. The Labute approximate surface area is 99.8 Å². The molecule has 0 aromatic heterocycles. The number of hydrogen-bond acceptors (Lipinski definition) is 5. The van der Waals surface area contributed by atoms with Gasteiger partial charge in [0.2, 0.25) is 0 Å². The van der Waals surface area contributed by atoms with Crippen LogP contribution in [0, 0.1) is 0 Å². The van der Waals surface area contributed by atoms with E-state index in [0.29, 0.717) is 6.61 Å². The maximum atomic E-state index is 5.60. The van der Waals surface area contributed by atoms with Gasteiger partial charge in [-0.05, 0) is 20.4 Å². The maximum absolute atomic E-state index is 5.60. The van der Waals surface area contributed by atoms with E-state index in [-0.39, 0.29) is 6.10 Å². The fraction of sp³-hybridized carbons (Fsp3) is 1.00. The van der Waals surface area contributed by atoms with Gasteiger partial charge in [-0.3, -0.25) is 0 Å². The van der Waals surface area contributed by atoms with E-state index in [1.54, 1.807) is 21.3 Å². The monoisotopic (exact) mass is 251 g/mol. The average Bonchev–Trinajstić information content (AvgIpc) is 2.31. The van der Waals surface area contributed by atoms with Gasteiger partial charge in [-0.25, -0.2) is 0 Å².